The average Bonchev–Trinajstić information content (AvgIpc) is 2.62. The van der Waals surface area contributed by atoms with Crippen molar-refractivity contribution in [2.45, 2.75) is 38.5 Å². The minimum absolute atomic E-state index is 0.104. The quantitative estimate of drug-likeness (QED) is 0.634. The van der Waals surface area contributed by atoms with Crippen LogP contribution < -0.4 is 10.6 Å². The monoisotopic (exact) mass is 348 g/mol. The number of nitrogens with one attached hydrogen (secondary N) is 2. The van der Waals surface area contributed by atoms with Gasteiger partial charge < -0.3 is 15.5 Å². The van der Waals surface area contributed by atoms with Crippen molar-refractivity contribution in [3.05, 3.63) is 35.6 Å². The molecule has 1 fully saturated rings. The van der Waals surface area contributed by atoms with Gasteiger partial charge in [0.1, 0.15) is 5.82 Å². The molecule has 0 bridgehead atoms. The molecule has 1 amide bonds. The van der Waals surface area contributed by atoms with Gasteiger partial charge in [0.2, 0.25) is 5.91 Å². The lowest BCUT2D eigenvalue weighted by molar-refractivity contribution is -0.130. The summed E-state index contributed by atoms with van der Waals surface area (Å²) >= 11 is 0. The number of nitrogens with zero attached hydrogens (tertiary/aromatic N) is 2. The molecule has 0 aliphatic carbocycles. The number of carbonyl (C=O) groups is 1. The highest BCUT2D eigenvalue weighted by atomic mass is 19.1. The van der Waals surface area contributed by atoms with E-state index >= 15 is 0 Å². The number of rotatable bonds is 5. The average molecular weight is 348 g/mol. The van der Waals surface area contributed by atoms with Crippen LogP contribution >= 0.6 is 0 Å². The van der Waals surface area contributed by atoms with Crippen LogP contribution in [-0.4, -0.2) is 50.0 Å². The Hall–Kier alpha value is -2.11. The number of halogens is 1. The molecule has 0 atom stereocenters. The Labute approximate surface area is 149 Å². The molecule has 0 unspecified atom stereocenters. The van der Waals surface area contributed by atoms with Crippen LogP contribution in [0.2, 0.25) is 0 Å². The van der Waals surface area contributed by atoms with E-state index in [2.05, 4.69) is 15.6 Å². The fourth-order valence-corrected chi connectivity index (χ4v) is 2.95. The Bertz CT molecular complexity index is 609. The van der Waals surface area contributed by atoms with Crippen LogP contribution in [0.15, 0.2) is 29.3 Å². The highest BCUT2D eigenvalue weighted by molar-refractivity contribution is 5.86. The van der Waals surface area contributed by atoms with Gasteiger partial charge in [0.15, 0.2) is 5.96 Å². The summed E-state index contributed by atoms with van der Waals surface area (Å²) in [5.41, 5.74) is 0.649. The second-order valence-corrected chi connectivity index (χ2v) is 7.11. The molecule has 2 rings (SSSR count). The van der Waals surface area contributed by atoms with E-state index in [1.54, 1.807) is 19.2 Å². The minimum atomic E-state index is -0.267. The van der Waals surface area contributed by atoms with Crippen LogP contribution in [0.4, 0.5) is 4.39 Å². The molecule has 1 aliphatic rings. The number of guanidine groups is 1. The summed E-state index contributed by atoms with van der Waals surface area (Å²) in [7, 11) is 1.68. The molecule has 1 aromatic carbocycles. The molecular formula is C19H29FN4O. The smallest absolute Gasteiger partial charge is 0.241 e. The van der Waals surface area contributed by atoms with Crippen molar-refractivity contribution >= 4 is 11.9 Å². The van der Waals surface area contributed by atoms with E-state index in [0.29, 0.717) is 12.5 Å². The zero-order valence-corrected chi connectivity index (χ0v) is 15.4. The first kappa shape index (κ1) is 19.2. The predicted octanol–water partition coefficient (Wildman–Crippen LogP) is 2.28. The highest BCUT2D eigenvalue weighted by Crippen LogP contribution is 2.22. The second kappa shape index (κ2) is 8.83. The molecule has 0 aromatic heterocycles. The minimum Gasteiger partial charge on any atom is -0.356 e. The molecule has 0 spiro atoms. The van der Waals surface area contributed by atoms with Crippen LogP contribution in [0.1, 0.15) is 38.7 Å². The zero-order chi connectivity index (χ0) is 18.3. The van der Waals surface area contributed by atoms with Crippen molar-refractivity contribution in [2.75, 3.05) is 33.2 Å². The van der Waals surface area contributed by atoms with Crippen molar-refractivity contribution in [1.29, 1.82) is 0 Å². The number of aliphatic imine (C=N–C) groups is 1. The molecule has 25 heavy (non-hydrogen) atoms. The third-order valence-electron chi connectivity index (χ3n) is 4.64. The Morgan fingerprint density at radius 3 is 2.60 bits per heavy atom. The molecular weight excluding hydrogens is 319 g/mol. The number of carbonyl (C=O) groups excluding carboxylic acids is 1. The normalized spacial score (nSPS) is 15.8. The van der Waals surface area contributed by atoms with Gasteiger partial charge in [-0.1, -0.05) is 26.0 Å². The summed E-state index contributed by atoms with van der Waals surface area (Å²) in [6, 6.07) is 6.63. The van der Waals surface area contributed by atoms with Gasteiger partial charge in [0, 0.05) is 32.1 Å². The summed E-state index contributed by atoms with van der Waals surface area (Å²) in [4.78, 5) is 18.3. The van der Waals surface area contributed by atoms with Crippen LogP contribution in [0.5, 0.6) is 0 Å². The molecule has 1 saturated heterocycles. The summed E-state index contributed by atoms with van der Waals surface area (Å²) in [6.45, 7) is 6.59. The van der Waals surface area contributed by atoms with Crippen molar-refractivity contribution in [3.63, 3.8) is 0 Å². The maximum absolute atomic E-state index is 13.5. The summed E-state index contributed by atoms with van der Waals surface area (Å²) in [5, 5.41) is 6.31. The molecule has 1 aliphatic heterocycles. The molecule has 1 aromatic rings. The van der Waals surface area contributed by atoms with Gasteiger partial charge >= 0.3 is 0 Å². The molecule has 0 saturated carbocycles. The van der Waals surface area contributed by atoms with Gasteiger partial charge in [0.25, 0.3) is 0 Å². The second-order valence-electron chi connectivity index (χ2n) is 7.11. The van der Waals surface area contributed by atoms with Gasteiger partial charge in [0.05, 0.1) is 6.54 Å². The first-order valence-corrected chi connectivity index (χ1v) is 8.91. The van der Waals surface area contributed by atoms with E-state index < -0.39 is 0 Å². The zero-order valence-electron chi connectivity index (χ0n) is 15.4. The first-order valence-electron chi connectivity index (χ1n) is 8.91. The number of amides is 1. The maximum atomic E-state index is 13.5. The number of hydrogen-bond donors (Lipinski definition) is 2. The SMILES string of the molecule is CN=C(NCC(=O)N1CCCCC1)NCC(C)(C)c1cccc(F)c1. The fourth-order valence-electron chi connectivity index (χ4n) is 2.95. The molecule has 138 valence electrons. The lowest BCUT2D eigenvalue weighted by Crippen LogP contribution is -2.48. The summed E-state index contributed by atoms with van der Waals surface area (Å²) < 4.78 is 13.5. The van der Waals surface area contributed by atoms with Gasteiger partial charge in [-0.05, 0) is 37.0 Å². The van der Waals surface area contributed by atoms with E-state index in [1.807, 2.05) is 24.8 Å². The number of piperidine rings is 1. The Morgan fingerprint density at radius 2 is 1.96 bits per heavy atom. The Morgan fingerprint density at radius 1 is 1.24 bits per heavy atom. The van der Waals surface area contributed by atoms with Crippen molar-refractivity contribution < 1.29 is 9.18 Å². The highest BCUT2D eigenvalue weighted by Gasteiger charge is 2.22. The number of likely N-dealkylation sites (tertiary alicyclic amines) is 1. The lowest BCUT2D eigenvalue weighted by atomic mass is 9.84. The third-order valence-corrected chi connectivity index (χ3v) is 4.64. The third kappa shape index (κ3) is 5.73. The Balaban J connectivity index is 1.84. The standard InChI is InChI=1S/C19H29FN4O/c1-19(2,15-8-7-9-16(20)12-15)14-23-18(21-3)22-13-17(25)24-10-5-4-6-11-24/h7-9,12H,4-6,10-11,13-14H2,1-3H3,(H2,21,22,23). The van der Waals surface area contributed by atoms with Crippen LogP contribution in [0.25, 0.3) is 0 Å². The van der Waals surface area contributed by atoms with E-state index in [-0.39, 0.29) is 23.7 Å². The maximum Gasteiger partial charge on any atom is 0.241 e. The van der Waals surface area contributed by atoms with E-state index in [0.717, 1.165) is 31.5 Å². The summed E-state index contributed by atoms with van der Waals surface area (Å²) in [5.74, 6) is 0.446. The lowest BCUT2D eigenvalue weighted by Gasteiger charge is -2.28. The fraction of sp³-hybridized carbons (Fsp3) is 0.579. The van der Waals surface area contributed by atoms with Crippen molar-refractivity contribution in [2.24, 2.45) is 4.99 Å². The van der Waals surface area contributed by atoms with Crippen LogP contribution in [0, 0.1) is 5.82 Å². The van der Waals surface area contributed by atoms with Gasteiger partial charge in [-0.3, -0.25) is 9.79 Å². The first-order chi connectivity index (χ1) is 11.9. The predicted molar refractivity (Wildman–Crippen MR) is 99.2 cm³/mol. The van der Waals surface area contributed by atoms with Gasteiger partial charge in [-0.15, -0.1) is 0 Å². The van der Waals surface area contributed by atoms with Crippen molar-refractivity contribution in [3.8, 4) is 0 Å². The molecule has 1 heterocycles. The van der Waals surface area contributed by atoms with E-state index in [1.165, 1.54) is 12.5 Å². The number of benzene rings is 1. The van der Waals surface area contributed by atoms with Crippen LogP contribution in [0.3, 0.4) is 0 Å². The molecule has 2 N–H and O–H groups in total. The summed E-state index contributed by atoms with van der Waals surface area (Å²) in [6.07, 6.45) is 3.37. The molecule has 5 nitrogen and oxygen atoms in total. The van der Waals surface area contributed by atoms with E-state index in [9.17, 15) is 9.18 Å². The van der Waals surface area contributed by atoms with Crippen molar-refractivity contribution in [1.82, 2.24) is 15.5 Å². The van der Waals surface area contributed by atoms with Crippen LogP contribution in [-0.2, 0) is 10.2 Å². The van der Waals surface area contributed by atoms with E-state index in [4.69, 9.17) is 0 Å². The molecule has 0 radical (unpaired) electrons. The topological polar surface area (TPSA) is 56.7 Å². The number of hydrogen-bond acceptors (Lipinski definition) is 2. The van der Waals surface area contributed by atoms with Gasteiger partial charge in [-0.25, -0.2) is 4.39 Å². The largest absolute Gasteiger partial charge is 0.356 e. The Kier molecular flexibility index (Phi) is 6.79. The van der Waals surface area contributed by atoms with Gasteiger partial charge in [-0.2, -0.15) is 0 Å². The molecule has 6 heteroatoms.